The predicted octanol–water partition coefficient (Wildman–Crippen LogP) is 1.40. The first-order valence-electron chi connectivity index (χ1n) is 4.98. The van der Waals surface area contributed by atoms with E-state index in [4.69, 9.17) is 5.73 Å². The molecule has 0 aliphatic heterocycles. The molecule has 1 fully saturated rings. The summed E-state index contributed by atoms with van der Waals surface area (Å²) < 4.78 is 13.2. The van der Waals surface area contributed by atoms with Gasteiger partial charge in [-0.25, -0.2) is 4.39 Å². The summed E-state index contributed by atoms with van der Waals surface area (Å²) in [5.41, 5.74) is 6.38. The highest BCUT2D eigenvalue weighted by molar-refractivity contribution is 5.17. The van der Waals surface area contributed by atoms with Crippen LogP contribution in [0.3, 0.4) is 0 Å². The first-order valence-corrected chi connectivity index (χ1v) is 4.98. The van der Waals surface area contributed by atoms with E-state index >= 15 is 0 Å². The largest absolute Gasteiger partial charge is 0.328 e. The van der Waals surface area contributed by atoms with Crippen LogP contribution in [0.15, 0.2) is 24.3 Å². The van der Waals surface area contributed by atoms with Gasteiger partial charge in [-0.3, -0.25) is 0 Å². The van der Waals surface area contributed by atoms with E-state index < -0.39 is 0 Å². The average Bonchev–Trinajstić information content (AvgIpc) is 2.13. The van der Waals surface area contributed by atoms with Gasteiger partial charge in [0.2, 0.25) is 0 Å². The van der Waals surface area contributed by atoms with Crippen molar-refractivity contribution in [2.45, 2.75) is 31.5 Å². The number of halogens is 1. The minimum absolute atomic E-state index is 0.136. The third kappa shape index (κ3) is 2.11. The molecule has 0 spiro atoms. The molecular weight excluding hydrogens is 179 g/mol. The summed E-state index contributed by atoms with van der Waals surface area (Å²) in [5, 5.41) is 3.29. The van der Waals surface area contributed by atoms with Crippen LogP contribution in [-0.2, 0) is 6.54 Å². The zero-order valence-corrected chi connectivity index (χ0v) is 8.04. The standard InChI is InChI=1S/C11H15FN2/c12-11-4-2-1-3-8(11)7-14-10-5-9(13)6-10/h1-4,9-10,14H,5-7,13H2. The second kappa shape index (κ2) is 4.07. The second-order valence-electron chi connectivity index (χ2n) is 3.90. The zero-order valence-electron chi connectivity index (χ0n) is 8.04. The van der Waals surface area contributed by atoms with Gasteiger partial charge in [-0.2, -0.15) is 0 Å². The van der Waals surface area contributed by atoms with Gasteiger partial charge in [-0.15, -0.1) is 0 Å². The first-order chi connectivity index (χ1) is 6.75. The van der Waals surface area contributed by atoms with Crippen LogP contribution in [0.5, 0.6) is 0 Å². The lowest BCUT2D eigenvalue weighted by atomic mass is 9.87. The summed E-state index contributed by atoms with van der Waals surface area (Å²) in [6, 6.07) is 7.67. The minimum atomic E-state index is -0.136. The van der Waals surface area contributed by atoms with E-state index in [-0.39, 0.29) is 5.82 Å². The smallest absolute Gasteiger partial charge is 0.127 e. The van der Waals surface area contributed by atoms with Crippen LogP contribution >= 0.6 is 0 Å². The molecule has 1 aliphatic carbocycles. The summed E-state index contributed by atoms with van der Waals surface area (Å²) >= 11 is 0. The fourth-order valence-corrected chi connectivity index (χ4v) is 1.72. The number of nitrogens with one attached hydrogen (secondary N) is 1. The molecule has 0 unspecified atom stereocenters. The Balaban J connectivity index is 1.83. The van der Waals surface area contributed by atoms with Crippen molar-refractivity contribution >= 4 is 0 Å². The quantitative estimate of drug-likeness (QED) is 0.763. The molecule has 1 aromatic rings. The molecule has 1 saturated carbocycles. The topological polar surface area (TPSA) is 38.0 Å². The van der Waals surface area contributed by atoms with Crippen LogP contribution < -0.4 is 11.1 Å². The van der Waals surface area contributed by atoms with Crippen LogP contribution in [0.2, 0.25) is 0 Å². The summed E-state index contributed by atoms with van der Waals surface area (Å²) in [5.74, 6) is -0.136. The fourth-order valence-electron chi connectivity index (χ4n) is 1.72. The molecule has 0 aromatic heterocycles. The lowest BCUT2D eigenvalue weighted by molar-refractivity contribution is 0.289. The van der Waals surface area contributed by atoms with E-state index in [1.807, 2.05) is 6.07 Å². The van der Waals surface area contributed by atoms with Gasteiger partial charge in [0.1, 0.15) is 5.82 Å². The molecule has 2 nitrogen and oxygen atoms in total. The summed E-state index contributed by atoms with van der Waals surface area (Å²) in [4.78, 5) is 0. The van der Waals surface area contributed by atoms with Gasteiger partial charge in [0.05, 0.1) is 0 Å². The van der Waals surface area contributed by atoms with Crippen molar-refractivity contribution in [3.05, 3.63) is 35.6 Å². The van der Waals surface area contributed by atoms with Crippen molar-refractivity contribution in [3.63, 3.8) is 0 Å². The molecule has 0 amide bonds. The molecule has 0 saturated heterocycles. The Morgan fingerprint density at radius 3 is 2.71 bits per heavy atom. The monoisotopic (exact) mass is 194 g/mol. The zero-order chi connectivity index (χ0) is 9.97. The van der Waals surface area contributed by atoms with Crippen LogP contribution in [-0.4, -0.2) is 12.1 Å². The molecule has 3 heteroatoms. The Morgan fingerprint density at radius 1 is 1.36 bits per heavy atom. The highest BCUT2D eigenvalue weighted by atomic mass is 19.1. The number of nitrogens with two attached hydrogens (primary N) is 1. The SMILES string of the molecule is NC1CC(NCc2ccccc2F)C1. The van der Waals surface area contributed by atoms with Gasteiger partial charge in [-0.1, -0.05) is 18.2 Å². The van der Waals surface area contributed by atoms with Gasteiger partial charge in [0.25, 0.3) is 0 Å². The van der Waals surface area contributed by atoms with E-state index in [2.05, 4.69) is 5.32 Å². The number of hydrogen-bond acceptors (Lipinski definition) is 2. The Morgan fingerprint density at radius 2 is 2.07 bits per heavy atom. The van der Waals surface area contributed by atoms with Crippen molar-refractivity contribution in [1.82, 2.24) is 5.32 Å². The van der Waals surface area contributed by atoms with Gasteiger partial charge >= 0.3 is 0 Å². The van der Waals surface area contributed by atoms with E-state index in [0.29, 0.717) is 18.6 Å². The Kier molecular flexibility index (Phi) is 2.79. The van der Waals surface area contributed by atoms with Crippen LogP contribution in [0.4, 0.5) is 4.39 Å². The molecule has 0 atom stereocenters. The van der Waals surface area contributed by atoms with E-state index in [1.54, 1.807) is 12.1 Å². The molecule has 1 aliphatic rings. The Labute approximate surface area is 83.3 Å². The molecule has 14 heavy (non-hydrogen) atoms. The van der Waals surface area contributed by atoms with E-state index in [9.17, 15) is 4.39 Å². The van der Waals surface area contributed by atoms with E-state index in [0.717, 1.165) is 18.4 Å². The first kappa shape index (κ1) is 9.62. The maximum Gasteiger partial charge on any atom is 0.127 e. The molecular formula is C11H15FN2. The molecule has 0 radical (unpaired) electrons. The van der Waals surface area contributed by atoms with Crippen molar-refractivity contribution in [1.29, 1.82) is 0 Å². The molecule has 3 N–H and O–H groups in total. The van der Waals surface area contributed by atoms with Crippen LogP contribution in [0.1, 0.15) is 18.4 Å². The lowest BCUT2D eigenvalue weighted by Gasteiger charge is -2.33. The van der Waals surface area contributed by atoms with Gasteiger partial charge in [0.15, 0.2) is 0 Å². The van der Waals surface area contributed by atoms with Crippen LogP contribution in [0, 0.1) is 5.82 Å². The number of hydrogen-bond donors (Lipinski definition) is 2. The van der Waals surface area contributed by atoms with Crippen molar-refractivity contribution in [2.24, 2.45) is 5.73 Å². The Hall–Kier alpha value is -0.930. The summed E-state index contributed by atoms with van der Waals surface area (Å²) in [7, 11) is 0. The third-order valence-corrected chi connectivity index (χ3v) is 2.71. The average molecular weight is 194 g/mol. The highest BCUT2D eigenvalue weighted by Crippen LogP contribution is 2.18. The van der Waals surface area contributed by atoms with Gasteiger partial charge in [-0.05, 0) is 18.9 Å². The maximum absolute atomic E-state index is 13.2. The molecule has 2 rings (SSSR count). The highest BCUT2D eigenvalue weighted by Gasteiger charge is 2.24. The normalized spacial score (nSPS) is 25.9. The van der Waals surface area contributed by atoms with Crippen LogP contribution in [0.25, 0.3) is 0 Å². The molecule has 0 bridgehead atoms. The molecule has 0 heterocycles. The van der Waals surface area contributed by atoms with Gasteiger partial charge in [0, 0.05) is 24.2 Å². The summed E-state index contributed by atoms with van der Waals surface area (Å²) in [6.45, 7) is 0.601. The molecule has 76 valence electrons. The maximum atomic E-state index is 13.2. The van der Waals surface area contributed by atoms with Gasteiger partial charge < -0.3 is 11.1 Å². The van der Waals surface area contributed by atoms with Crippen molar-refractivity contribution in [2.75, 3.05) is 0 Å². The lowest BCUT2D eigenvalue weighted by Crippen LogP contribution is -2.48. The van der Waals surface area contributed by atoms with Crippen molar-refractivity contribution in [3.8, 4) is 0 Å². The van der Waals surface area contributed by atoms with E-state index in [1.165, 1.54) is 6.07 Å². The molecule has 1 aromatic carbocycles. The fraction of sp³-hybridized carbons (Fsp3) is 0.455. The second-order valence-corrected chi connectivity index (χ2v) is 3.90. The Bertz CT molecular complexity index is 308. The number of benzene rings is 1. The third-order valence-electron chi connectivity index (χ3n) is 2.71. The predicted molar refractivity (Wildman–Crippen MR) is 54.2 cm³/mol. The summed E-state index contributed by atoms with van der Waals surface area (Å²) in [6.07, 6.45) is 2.02. The number of rotatable bonds is 3. The minimum Gasteiger partial charge on any atom is -0.328 e. The van der Waals surface area contributed by atoms with Crippen molar-refractivity contribution < 1.29 is 4.39 Å².